The van der Waals surface area contributed by atoms with E-state index in [9.17, 15) is 19.2 Å². The summed E-state index contributed by atoms with van der Waals surface area (Å²) in [6.45, 7) is 12.0. The molecule has 2 unspecified atom stereocenters. The van der Waals surface area contributed by atoms with Crippen LogP contribution < -0.4 is 35.5 Å². The quantitative estimate of drug-likeness (QED) is 0.201. The van der Waals surface area contributed by atoms with Crippen LogP contribution in [0.2, 0.25) is 0 Å². The number of carbonyl (C=O) groups excluding carboxylic acids is 3. The number of methoxy groups -OCH3 is 2. The van der Waals surface area contributed by atoms with Crippen LogP contribution in [0.1, 0.15) is 54.6 Å². The summed E-state index contributed by atoms with van der Waals surface area (Å²) in [6, 6.07) is 9.73. The molecule has 1 aromatic carbocycles. The van der Waals surface area contributed by atoms with E-state index in [1.54, 1.807) is 44.3 Å². The number of fused-ring (bicyclic) bond motifs is 1. The van der Waals surface area contributed by atoms with Gasteiger partial charge in [-0.2, -0.15) is 0 Å². The Hall–Kier alpha value is -5.58. The number of piperidine rings is 2. The molecule has 5 aliphatic rings. The number of likely N-dealkylation sites (tertiary alicyclic amines) is 1. The average molecular weight is 847 g/mol. The largest absolute Gasteiger partial charge is 0.496 e. The number of nitrogens with one attached hydrogen (secondary N) is 2. The van der Waals surface area contributed by atoms with Crippen LogP contribution in [-0.2, 0) is 23.2 Å². The van der Waals surface area contributed by atoms with Crippen LogP contribution >= 0.6 is 0 Å². The lowest BCUT2D eigenvalue weighted by Gasteiger charge is -2.43. The molecule has 62 heavy (non-hydrogen) atoms. The normalized spacial score (nSPS) is 21.9. The van der Waals surface area contributed by atoms with Gasteiger partial charge in [-0.1, -0.05) is 0 Å². The van der Waals surface area contributed by atoms with Gasteiger partial charge in [-0.25, -0.2) is 9.97 Å². The molecule has 0 aliphatic carbocycles. The number of pyridine rings is 3. The van der Waals surface area contributed by atoms with Gasteiger partial charge in [-0.15, -0.1) is 0 Å². The first kappa shape index (κ1) is 41.8. The van der Waals surface area contributed by atoms with E-state index in [0.29, 0.717) is 23.8 Å². The molecule has 3 amide bonds. The lowest BCUT2D eigenvalue weighted by molar-refractivity contribution is -0.134. The smallest absolute Gasteiger partial charge is 0.270 e. The van der Waals surface area contributed by atoms with E-state index in [-0.39, 0.29) is 23.6 Å². The SMILES string of the molecule is COc1cc(-c2cn(C)c(=O)c3cnc(N4CCC4)cc23)cc(OC)c1CN1CCN(C2CCN(CC3CCN(c4ccc(C(=O)NC5CCC(=O)NC5=O)nc4)C3)CC2)CC1. The standard InChI is InChI=1S/C46H58N10O6/c1-51-28-36(34-23-42(55-12-4-13-55)48-25-35(34)46(51)60)31-21-40(61-2)37(41(22-31)62-3)29-53-17-19-54(20-18-53)32-10-14-52(15-11-32)26-30-9-16-56(27-30)33-5-6-38(47-24-33)44(58)49-39-7-8-43(57)50-45(39)59/h5-6,21-25,28,30,32,39H,4,7-20,26-27,29H2,1-3H3,(H,49,58)(H,50,57,59). The van der Waals surface area contributed by atoms with Gasteiger partial charge in [0.05, 0.1) is 37.1 Å². The van der Waals surface area contributed by atoms with Crippen molar-refractivity contribution in [3.05, 3.63) is 70.5 Å². The second kappa shape index (κ2) is 18.0. The summed E-state index contributed by atoms with van der Waals surface area (Å²) in [5.41, 5.74) is 4.10. The maximum Gasteiger partial charge on any atom is 0.270 e. The van der Waals surface area contributed by atoms with Gasteiger partial charge in [0.15, 0.2) is 0 Å². The fraction of sp³-hybridized carbons (Fsp3) is 0.522. The average Bonchev–Trinajstić information content (AvgIpc) is 3.74. The Bertz CT molecular complexity index is 2340. The topological polar surface area (TPSA) is 158 Å². The lowest BCUT2D eigenvalue weighted by Crippen LogP contribution is -2.53. The summed E-state index contributed by atoms with van der Waals surface area (Å²) in [4.78, 5) is 70.8. The summed E-state index contributed by atoms with van der Waals surface area (Å²) < 4.78 is 13.7. The van der Waals surface area contributed by atoms with E-state index >= 15 is 0 Å². The monoisotopic (exact) mass is 846 g/mol. The van der Waals surface area contributed by atoms with Gasteiger partial charge < -0.3 is 34.1 Å². The van der Waals surface area contributed by atoms with Gasteiger partial charge in [-0.3, -0.25) is 34.3 Å². The minimum Gasteiger partial charge on any atom is -0.496 e. The van der Waals surface area contributed by atoms with Crippen LogP contribution in [0.3, 0.4) is 0 Å². The van der Waals surface area contributed by atoms with Gasteiger partial charge in [0.1, 0.15) is 29.1 Å². The molecule has 0 bridgehead atoms. The van der Waals surface area contributed by atoms with Crippen molar-refractivity contribution in [3.8, 4) is 22.6 Å². The Balaban J connectivity index is 0.753. The lowest BCUT2D eigenvalue weighted by atomic mass is 9.98. The summed E-state index contributed by atoms with van der Waals surface area (Å²) in [5, 5.41) is 6.45. The number of hydrogen-bond acceptors (Lipinski definition) is 13. The fourth-order valence-corrected chi connectivity index (χ4v) is 9.92. The van der Waals surface area contributed by atoms with Gasteiger partial charge >= 0.3 is 0 Å². The van der Waals surface area contributed by atoms with Crippen LogP contribution in [0.4, 0.5) is 11.5 Å². The molecule has 328 valence electrons. The van der Waals surface area contributed by atoms with E-state index < -0.39 is 17.9 Å². The van der Waals surface area contributed by atoms with Crippen molar-refractivity contribution < 1.29 is 23.9 Å². The predicted molar refractivity (Wildman–Crippen MR) is 237 cm³/mol. The summed E-state index contributed by atoms with van der Waals surface area (Å²) >= 11 is 0. The first-order chi connectivity index (χ1) is 30.1. The second-order valence-electron chi connectivity index (χ2n) is 17.6. The summed E-state index contributed by atoms with van der Waals surface area (Å²) in [6.07, 6.45) is 10.5. The number of anilines is 2. The minimum absolute atomic E-state index is 0.0660. The van der Waals surface area contributed by atoms with E-state index in [2.05, 4.69) is 57.2 Å². The van der Waals surface area contributed by atoms with Gasteiger partial charge in [-0.05, 0) is 87.0 Å². The van der Waals surface area contributed by atoms with E-state index in [4.69, 9.17) is 9.47 Å². The number of nitrogens with zero attached hydrogens (tertiary/aromatic N) is 8. The number of hydrogen-bond donors (Lipinski definition) is 2. The minimum atomic E-state index is -0.723. The highest BCUT2D eigenvalue weighted by Gasteiger charge is 2.32. The highest BCUT2D eigenvalue weighted by atomic mass is 16.5. The van der Waals surface area contributed by atoms with Crippen molar-refractivity contribution in [2.45, 2.75) is 57.2 Å². The third-order valence-electron chi connectivity index (χ3n) is 13.7. The molecule has 0 radical (unpaired) electrons. The zero-order chi connectivity index (χ0) is 42.9. The Morgan fingerprint density at radius 2 is 1.58 bits per heavy atom. The summed E-state index contributed by atoms with van der Waals surface area (Å²) in [5.74, 6) is 1.83. The van der Waals surface area contributed by atoms with E-state index in [0.717, 1.165) is 136 Å². The number of ether oxygens (including phenoxy) is 2. The fourth-order valence-electron chi connectivity index (χ4n) is 9.92. The van der Waals surface area contributed by atoms with Crippen molar-refractivity contribution in [3.63, 3.8) is 0 Å². The number of imide groups is 1. The Kier molecular flexibility index (Phi) is 12.1. The second-order valence-corrected chi connectivity index (χ2v) is 17.6. The molecule has 3 aromatic heterocycles. The molecular formula is C46H58N10O6. The molecular weight excluding hydrogens is 789 g/mol. The highest BCUT2D eigenvalue weighted by molar-refractivity contribution is 6.03. The van der Waals surface area contributed by atoms with Crippen molar-refractivity contribution in [1.82, 2.24) is 39.9 Å². The van der Waals surface area contributed by atoms with Gasteiger partial charge in [0.2, 0.25) is 11.8 Å². The zero-order valence-corrected chi connectivity index (χ0v) is 36.1. The molecule has 5 fully saturated rings. The number of benzene rings is 1. The molecule has 0 saturated carbocycles. The Morgan fingerprint density at radius 3 is 2.24 bits per heavy atom. The first-order valence-electron chi connectivity index (χ1n) is 22.2. The molecule has 9 rings (SSSR count). The Morgan fingerprint density at radius 1 is 0.823 bits per heavy atom. The molecule has 4 aromatic rings. The predicted octanol–water partition coefficient (Wildman–Crippen LogP) is 2.87. The number of carbonyl (C=O) groups is 3. The van der Waals surface area contributed by atoms with Crippen molar-refractivity contribution in [1.29, 1.82) is 0 Å². The highest BCUT2D eigenvalue weighted by Crippen LogP contribution is 2.39. The van der Waals surface area contributed by atoms with Crippen LogP contribution in [0.25, 0.3) is 21.9 Å². The molecule has 0 spiro atoms. The van der Waals surface area contributed by atoms with Crippen LogP contribution in [0.15, 0.2) is 53.7 Å². The molecule has 16 nitrogen and oxygen atoms in total. The molecule has 16 heteroatoms. The summed E-state index contributed by atoms with van der Waals surface area (Å²) in [7, 11) is 5.22. The maximum absolute atomic E-state index is 13.1. The number of aryl methyl sites for hydroxylation is 1. The van der Waals surface area contributed by atoms with E-state index in [1.807, 2.05) is 18.3 Å². The molecule has 8 heterocycles. The number of rotatable bonds is 12. The maximum atomic E-state index is 13.1. The first-order valence-corrected chi connectivity index (χ1v) is 22.2. The van der Waals surface area contributed by atoms with Crippen LogP contribution in [0.5, 0.6) is 11.5 Å². The zero-order valence-electron chi connectivity index (χ0n) is 36.1. The van der Waals surface area contributed by atoms with Crippen molar-refractivity contribution >= 4 is 40.0 Å². The molecule has 5 saturated heterocycles. The van der Waals surface area contributed by atoms with E-state index in [1.165, 1.54) is 12.8 Å². The van der Waals surface area contributed by atoms with Crippen molar-refractivity contribution in [2.24, 2.45) is 13.0 Å². The van der Waals surface area contributed by atoms with Gasteiger partial charge in [0, 0.05) is 108 Å². The number of piperazine rings is 1. The van der Waals surface area contributed by atoms with Crippen LogP contribution in [-0.4, -0.2) is 145 Å². The number of aromatic nitrogens is 3. The number of amides is 3. The third-order valence-corrected chi connectivity index (χ3v) is 13.7. The van der Waals surface area contributed by atoms with Crippen LogP contribution in [0, 0.1) is 5.92 Å². The third kappa shape index (κ3) is 8.72. The Labute approximate surface area is 362 Å². The molecule has 2 N–H and O–H groups in total. The molecule has 5 aliphatic heterocycles. The van der Waals surface area contributed by atoms with Crippen molar-refractivity contribution in [2.75, 3.05) is 96.0 Å². The van der Waals surface area contributed by atoms with Gasteiger partial charge in [0.25, 0.3) is 11.5 Å². The molecule has 2 atom stereocenters.